The van der Waals surface area contributed by atoms with Crippen LogP contribution in [-0.2, 0) is 26.9 Å². The number of rotatable bonds is 11. The molecule has 0 aliphatic carbocycles. The first kappa shape index (κ1) is 20.2. The van der Waals surface area contributed by atoms with E-state index in [1.807, 2.05) is 21.1 Å². The van der Waals surface area contributed by atoms with Crippen LogP contribution >= 0.6 is 7.82 Å². The number of likely N-dealkylation sites (N-methyl/N-ethyl adjacent to an activating group) is 1. The van der Waals surface area contributed by atoms with Crippen molar-refractivity contribution < 1.29 is 36.3 Å². The Kier molecular flexibility index (Phi) is 8.64. The molecule has 8 nitrogen and oxygen atoms in total. The average molecular weight is 331 g/mol. The molecule has 0 aromatic carbocycles. The van der Waals surface area contributed by atoms with Crippen molar-refractivity contribution in [3.8, 4) is 0 Å². The summed E-state index contributed by atoms with van der Waals surface area (Å²) in [5.74, 6) is 0. The Morgan fingerprint density at radius 3 is 1.85 bits per heavy atom. The van der Waals surface area contributed by atoms with Crippen LogP contribution in [0.3, 0.4) is 0 Å². The van der Waals surface area contributed by atoms with Gasteiger partial charge in [-0.1, -0.05) is 0 Å². The largest absolute Gasteiger partial charge is 0.756 e. The highest BCUT2D eigenvalue weighted by atomic mass is 31.2. The average Bonchev–Trinajstić information content (AvgIpc) is 2.33. The van der Waals surface area contributed by atoms with Crippen molar-refractivity contribution >= 4 is 16.6 Å². The maximum Gasteiger partial charge on any atom is 0.502 e. The molecule has 0 aliphatic heterocycles. The van der Waals surface area contributed by atoms with E-state index in [1.165, 1.54) is 21.3 Å². The molecule has 1 atom stereocenters. The van der Waals surface area contributed by atoms with Crippen LogP contribution in [0.5, 0.6) is 0 Å². The zero-order valence-corrected chi connectivity index (χ0v) is 15.0. The van der Waals surface area contributed by atoms with Crippen LogP contribution < -0.4 is 4.89 Å². The summed E-state index contributed by atoms with van der Waals surface area (Å²) >= 11 is 0. The fraction of sp³-hybridized carbons (Fsp3) is 1.00. The maximum absolute atomic E-state index is 11.5. The lowest BCUT2D eigenvalue weighted by Gasteiger charge is -2.28. The molecule has 122 valence electrons. The van der Waals surface area contributed by atoms with Gasteiger partial charge in [0.05, 0.1) is 27.7 Å². The van der Waals surface area contributed by atoms with Gasteiger partial charge in [0, 0.05) is 27.4 Å². The summed E-state index contributed by atoms with van der Waals surface area (Å²) in [4.78, 5) is 11.5. The Balaban J connectivity index is 4.13. The third-order valence-electron chi connectivity index (χ3n) is 2.60. The van der Waals surface area contributed by atoms with Crippen LogP contribution in [0.2, 0.25) is 6.04 Å². The van der Waals surface area contributed by atoms with E-state index in [4.69, 9.17) is 22.3 Å². The highest BCUT2D eigenvalue weighted by Crippen LogP contribution is 2.38. The smallest absolute Gasteiger partial charge is 0.502 e. The van der Waals surface area contributed by atoms with Gasteiger partial charge in [-0.25, -0.2) is 0 Å². The molecule has 0 amide bonds. The number of hydrogen-bond donors (Lipinski definition) is 0. The summed E-state index contributed by atoms with van der Waals surface area (Å²) in [5, 5.41) is 0. The van der Waals surface area contributed by atoms with Crippen molar-refractivity contribution in [2.75, 3.05) is 62.2 Å². The van der Waals surface area contributed by atoms with Gasteiger partial charge < -0.3 is 31.7 Å². The quantitative estimate of drug-likeness (QED) is 0.301. The Labute approximate surface area is 122 Å². The molecule has 0 aromatic heterocycles. The van der Waals surface area contributed by atoms with Gasteiger partial charge in [0.15, 0.2) is 0 Å². The number of nitrogens with zero attached hydrogens (tertiary/aromatic N) is 1. The molecular weight excluding hydrogens is 305 g/mol. The van der Waals surface area contributed by atoms with E-state index >= 15 is 0 Å². The first-order valence-corrected chi connectivity index (χ1v) is 9.55. The van der Waals surface area contributed by atoms with E-state index in [-0.39, 0.29) is 19.3 Å². The summed E-state index contributed by atoms with van der Waals surface area (Å²) in [6.45, 7) is 0.529. The molecule has 0 bridgehead atoms. The van der Waals surface area contributed by atoms with Crippen molar-refractivity contribution in [3.63, 3.8) is 0 Å². The van der Waals surface area contributed by atoms with Crippen molar-refractivity contribution in [3.05, 3.63) is 0 Å². The van der Waals surface area contributed by atoms with Gasteiger partial charge in [0.2, 0.25) is 0 Å². The third-order valence-corrected chi connectivity index (χ3v) is 6.28. The van der Waals surface area contributed by atoms with Crippen molar-refractivity contribution in [1.29, 1.82) is 0 Å². The van der Waals surface area contributed by atoms with Gasteiger partial charge in [-0.05, 0) is 0 Å². The van der Waals surface area contributed by atoms with Crippen molar-refractivity contribution in [2.45, 2.75) is 6.04 Å². The standard InChI is InChI=1S/C10H26NO7PSi/c1-11(2,3)7-8-17-19(12,13)18-9-10-20(14-4,15-5)16-6/h7-10H2,1-6H3. The lowest BCUT2D eigenvalue weighted by atomic mass is 10.5. The minimum atomic E-state index is -4.30. The maximum atomic E-state index is 11.5. The van der Waals surface area contributed by atoms with Crippen LogP contribution in [-0.4, -0.2) is 75.5 Å². The first-order valence-electron chi connectivity index (χ1n) is 6.16. The van der Waals surface area contributed by atoms with E-state index < -0.39 is 16.6 Å². The van der Waals surface area contributed by atoms with E-state index in [0.717, 1.165) is 0 Å². The predicted molar refractivity (Wildman–Crippen MR) is 74.0 cm³/mol. The van der Waals surface area contributed by atoms with Gasteiger partial charge in [0.1, 0.15) is 13.2 Å². The Morgan fingerprint density at radius 1 is 1.00 bits per heavy atom. The molecular formula is C10H26NO7PSi. The highest BCUT2D eigenvalue weighted by molar-refractivity contribution is 7.45. The molecule has 20 heavy (non-hydrogen) atoms. The summed E-state index contributed by atoms with van der Waals surface area (Å²) in [7, 11) is 3.05. The van der Waals surface area contributed by atoms with Gasteiger partial charge >= 0.3 is 8.80 Å². The second kappa shape index (κ2) is 8.57. The fourth-order valence-electron chi connectivity index (χ4n) is 1.30. The lowest BCUT2D eigenvalue weighted by molar-refractivity contribution is -0.870. The summed E-state index contributed by atoms with van der Waals surface area (Å²) < 4.78 is 37.2. The van der Waals surface area contributed by atoms with E-state index in [0.29, 0.717) is 11.0 Å². The predicted octanol–water partition coefficient (Wildman–Crippen LogP) is 0.0723. The molecule has 0 radical (unpaired) electrons. The van der Waals surface area contributed by atoms with Crippen LogP contribution in [0, 0.1) is 0 Å². The Morgan fingerprint density at radius 2 is 1.45 bits per heavy atom. The van der Waals surface area contributed by atoms with Gasteiger partial charge in [-0.3, -0.25) is 4.57 Å². The molecule has 0 spiro atoms. The number of phosphoric acid groups is 1. The van der Waals surface area contributed by atoms with E-state index in [2.05, 4.69) is 0 Å². The molecule has 0 rings (SSSR count). The van der Waals surface area contributed by atoms with Crippen molar-refractivity contribution in [1.82, 2.24) is 0 Å². The topological polar surface area (TPSA) is 86.3 Å². The number of phosphoric ester groups is 1. The van der Waals surface area contributed by atoms with Gasteiger partial charge in [-0.15, -0.1) is 0 Å². The normalized spacial score (nSPS) is 16.1. The monoisotopic (exact) mass is 331 g/mol. The number of quaternary nitrogens is 1. The first-order chi connectivity index (χ1) is 9.10. The Hall–Kier alpha value is 0.167. The second-order valence-electron chi connectivity index (χ2n) is 5.17. The molecule has 0 aliphatic rings. The minimum absolute atomic E-state index is 0.0751. The lowest BCUT2D eigenvalue weighted by Crippen LogP contribution is -2.43. The zero-order valence-electron chi connectivity index (χ0n) is 13.1. The fourth-order valence-corrected chi connectivity index (χ4v) is 3.63. The molecule has 10 heteroatoms. The van der Waals surface area contributed by atoms with Crippen LogP contribution in [0.25, 0.3) is 0 Å². The van der Waals surface area contributed by atoms with E-state index in [1.54, 1.807) is 0 Å². The van der Waals surface area contributed by atoms with Gasteiger partial charge in [0.25, 0.3) is 7.82 Å². The molecule has 0 saturated carbocycles. The third kappa shape index (κ3) is 8.45. The highest BCUT2D eigenvalue weighted by Gasteiger charge is 2.37. The summed E-state index contributed by atoms with van der Waals surface area (Å²) in [6.07, 6.45) is 0. The number of hydrogen-bond acceptors (Lipinski definition) is 7. The van der Waals surface area contributed by atoms with Crippen molar-refractivity contribution in [2.24, 2.45) is 0 Å². The van der Waals surface area contributed by atoms with Crippen LogP contribution in [0.1, 0.15) is 0 Å². The van der Waals surface area contributed by atoms with Crippen LogP contribution in [0.15, 0.2) is 0 Å². The van der Waals surface area contributed by atoms with E-state index in [9.17, 15) is 9.46 Å². The molecule has 0 fully saturated rings. The molecule has 1 unspecified atom stereocenters. The van der Waals surface area contributed by atoms with Gasteiger partial charge in [-0.2, -0.15) is 0 Å². The molecule has 0 aromatic rings. The minimum Gasteiger partial charge on any atom is -0.756 e. The summed E-state index contributed by atoms with van der Waals surface area (Å²) in [6, 6.07) is 0.224. The summed E-state index contributed by atoms with van der Waals surface area (Å²) in [5.41, 5.74) is 0. The zero-order chi connectivity index (χ0) is 15.9. The SMILES string of the molecule is CO[Si](CCOP(=O)([O-])OCC[N+](C)(C)C)(OC)OC. The molecule has 0 N–H and O–H groups in total. The van der Waals surface area contributed by atoms with Crippen LogP contribution in [0.4, 0.5) is 0 Å². The second-order valence-corrected chi connectivity index (χ2v) is 9.67. The molecule has 0 saturated heterocycles. The molecule has 0 heterocycles. The Bertz CT molecular complexity index is 311.